The second-order valence-electron chi connectivity index (χ2n) is 7.17. The highest BCUT2D eigenvalue weighted by Gasteiger charge is 2.40. The molecule has 0 fully saturated rings. The summed E-state index contributed by atoms with van der Waals surface area (Å²) in [5, 5.41) is 2.44. The lowest BCUT2D eigenvalue weighted by Crippen LogP contribution is -2.56. The van der Waals surface area contributed by atoms with Crippen LogP contribution >= 0.6 is 0 Å². The third kappa shape index (κ3) is 2.44. The highest BCUT2D eigenvalue weighted by Crippen LogP contribution is 2.46. The highest BCUT2D eigenvalue weighted by atomic mass is 15.7. The third-order valence-corrected chi connectivity index (χ3v) is 5.51. The van der Waals surface area contributed by atoms with Gasteiger partial charge in [-0.15, -0.1) is 0 Å². The Morgan fingerprint density at radius 3 is 2.15 bits per heavy atom. The topological polar surface area (TPSA) is 9.72 Å². The first kappa shape index (κ1) is 16.1. The monoisotopic (exact) mass is 351 g/mol. The van der Waals surface area contributed by atoms with Crippen LogP contribution in [0.2, 0.25) is 6.82 Å². The van der Waals surface area contributed by atoms with Crippen LogP contribution < -0.4 is 14.8 Å². The molecule has 3 nitrogen and oxygen atoms in total. The van der Waals surface area contributed by atoms with Gasteiger partial charge in [0.05, 0.1) is 17.1 Å². The number of fused-ring (bicyclic) bond motifs is 2. The van der Waals surface area contributed by atoms with E-state index in [2.05, 4.69) is 119 Å². The molecule has 0 aliphatic carbocycles. The van der Waals surface area contributed by atoms with Crippen LogP contribution in [0.5, 0.6) is 0 Å². The van der Waals surface area contributed by atoms with Gasteiger partial charge in [0, 0.05) is 5.69 Å². The van der Waals surface area contributed by atoms with Crippen molar-refractivity contribution < 1.29 is 0 Å². The Bertz CT molecular complexity index is 1000. The minimum atomic E-state index is 0.173. The van der Waals surface area contributed by atoms with Crippen LogP contribution in [0.15, 0.2) is 84.8 Å². The van der Waals surface area contributed by atoms with E-state index < -0.39 is 0 Å². The Labute approximate surface area is 161 Å². The molecule has 0 saturated heterocycles. The maximum atomic E-state index is 2.44. The molecule has 3 aromatic carbocycles. The molecule has 0 N–H and O–H groups in total. The fraction of sp³-hybridized carbons (Fsp3) is 0.130. The summed E-state index contributed by atoms with van der Waals surface area (Å²) in [6.07, 6.45) is 2.41. The molecule has 0 saturated carbocycles. The maximum Gasteiger partial charge on any atom is 0.303 e. The fourth-order valence-electron chi connectivity index (χ4n) is 4.31. The molecule has 1 atom stereocenters. The van der Waals surface area contributed by atoms with Gasteiger partial charge in [-0.05, 0) is 42.8 Å². The molecule has 2 aliphatic rings. The Hall–Kier alpha value is -3.14. The number of benzene rings is 3. The summed E-state index contributed by atoms with van der Waals surface area (Å²) in [7, 11) is 0. The summed E-state index contributed by atoms with van der Waals surface area (Å²) in [5.74, 6) is 2.28. The van der Waals surface area contributed by atoms with E-state index >= 15 is 0 Å². The lowest BCUT2D eigenvalue weighted by molar-refractivity contribution is 0.694. The first-order valence-electron chi connectivity index (χ1n) is 9.54. The van der Waals surface area contributed by atoms with E-state index in [4.69, 9.17) is 0 Å². The van der Waals surface area contributed by atoms with Crippen LogP contribution in [-0.4, -0.2) is 13.0 Å². The van der Waals surface area contributed by atoms with Gasteiger partial charge in [0.2, 0.25) is 0 Å². The fourth-order valence-corrected chi connectivity index (χ4v) is 4.31. The van der Waals surface area contributed by atoms with Crippen molar-refractivity contribution in [3.63, 3.8) is 0 Å². The zero-order chi connectivity index (χ0) is 18.4. The van der Waals surface area contributed by atoms with Crippen molar-refractivity contribution in [3.05, 3.63) is 90.4 Å². The molecule has 2 aliphatic heterocycles. The molecular formula is C23H22BN3. The van der Waals surface area contributed by atoms with E-state index in [1.807, 2.05) is 0 Å². The molecule has 0 radical (unpaired) electrons. The first-order chi connectivity index (χ1) is 13.3. The molecule has 0 amide bonds. The summed E-state index contributed by atoms with van der Waals surface area (Å²) >= 11 is 0. The predicted octanol–water partition coefficient (Wildman–Crippen LogP) is 5.60. The van der Waals surface area contributed by atoms with E-state index in [1.54, 1.807) is 0 Å². The lowest BCUT2D eigenvalue weighted by atomic mass is 9.61. The van der Waals surface area contributed by atoms with Gasteiger partial charge in [-0.25, -0.2) is 0 Å². The smallest absolute Gasteiger partial charge is 0.303 e. The quantitative estimate of drug-likeness (QED) is 0.557. The van der Waals surface area contributed by atoms with Crippen molar-refractivity contribution in [2.45, 2.75) is 19.9 Å². The standard InChI is InChI=1S/C23H22BN3/c1-18-25(20-11-4-3-5-12-20)22-14-8-9-15-23(22)26(18)27-21-13-7-6-10-19(21)16-17-24(27)2/h3-18H,1-2H3/t18-/m0/s1. The van der Waals surface area contributed by atoms with E-state index in [1.165, 1.54) is 28.3 Å². The largest absolute Gasteiger partial charge is 0.323 e. The Morgan fingerprint density at radius 1 is 0.741 bits per heavy atom. The second kappa shape index (κ2) is 6.24. The van der Waals surface area contributed by atoms with Crippen LogP contribution in [0, 0.1) is 0 Å². The van der Waals surface area contributed by atoms with Crippen molar-refractivity contribution >= 4 is 35.7 Å². The lowest BCUT2D eigenvalue weighted by Gasteiger charge is -2.44. The predicted molar refractivity (Wildman–Crippen MR) is 117 cm³/mol. The number of hydrogen-bond acceptors (Lipinski definition) is 3. The molecule has 0 aromatic heterocycles. The van der Waals surface area contributed by atoms with Crippen molar-refractivity contribution in [3.8, 4) is 0 Å². The zero-order valence-corrected chi connectivity index (χ0v) is 15.7. The van der Waals surface area contributed by atoms with Gasteiger partial charge in [0.25, 0.3) is 0 Å². The van der Waals surface area contributed by atoms with Crippen molar-refractivity contribution in [1.82, 2.24) is 0 Å². The van der Waals surface area contributed by atoms with Gasteiger partial charge < -0.3 is 9.82 Å². The second-order valence-corrected chi connectivity index (χ2v) is 7.17. The van der Waals surface area contributed by atoms with Crippen molar-refractivity contribution in [2.24, 2.45) is 0 Å². The van der Waals surface area contributed by atoms with Gasteiger partial charge in [-0.2, -0.15) is 0 Å². The number of nitrogens with zero attached hydrogens (tertiary/aromatic N) is 3. The number of para-hydroxylation sites is 4. The van der Waals surface area contributed by atoms with Crippen molar-refractivity contribution in [1.29, 1.82) is 0 Å². The minimum Gasteiger partial charge on any atom is -0.323 e. The van der Waals surface area contributed by atoms with Gasteiger partial charge >= 0.3 is 6.85 Å². The Kier molecular flexibility index (Phi) is 3.71. The SMILES string of the molecule is CB1C=Cc2ccccc2N1N1c2ccccc2N(c2ccccc2)[C@@H]1C. The van der Waals surface area contributed by atoms with Crippen LogP contribution in [0.1, 0.15) is 12.5 Å². The number of hydrazine groups is 1. The summed E-state index contributed by atoms with van der Waals surface area (Å²) in [4.78, 5) is 4.85. The van der Waals surface area contributed by atoms with Crippen molar-refractivity contribution in [2.75, 3.05) is 14.8 Å². The molecule has 5 rings (SSSR count). The molecule has 0 unspecified atom stereocenters. The molecule has 4 heteroatoms. The molecule has 132 valence electrons. The molecular weight excluding hydrogens is 329 g/mol. The number of hydrogen-bond donors (Lipinski definition) is 0. The van der Waals surface area contributed by atoms with Gasteiger partial charge in [-0.1, -0.05) is 67.4 Å². The van der Waals surface area contributed by atoms with Crippen LogP contribution in [0.4, 0.5) is 22.7 Å². The van der Waals surface area contributed by atoms with E-state index in [0.717, 1.165) is 0 Å². The van der Waals surface area contributed by atoms with E-state index in [-0.39, 0.29) is 13.0 Å². The number of rotatable bonds is 2. The molecule has 0 spiro atoms. The van der Waals surface area contributed by atoms with Crippen LogP contribution in [0.25, 0.3) is 6.08 Å². The molecule has 0 bridgehead atoms. The van der Waals surface area contributed by atoms with Gasteiger partial charge in [-0.3, -0.25) is 5.01 Å². The normalized spacial score (nSPS) is 17.9. The summed E-state index contributed by atoms with van der Waals surface area (Å²) in [6, 6.07) is 28.0. The summed E-state index contributed by atoms with van der Waals surface area (Å²) < 4.78 is 0. The number of anilines is 4. The van der Waals surface area contributed by atoms with Gasteiger partial charge in [0.1, 0.15) is 6.17 Å². The molecule has 27 heavy (non-hydrogen) atoms. The third-order valence-electron chi connectivity index (χ3n) is 5.51. The van der Waals surface area contributed by atoms with Crippen LogP contribution in [-0.2, 0) is 0 Å². The van der Waals surface area contributed by atoms with Gasteiger partial charge in [0.15, 0.2) is 0 Å². The Morgan fingerprint density at radius 2 is 1.37 bits per heavy atom. The minimum absolute atomic E-state index is 0.173. The van der Waals surface area contributed by atoms with E-state index in [0.29, 0.717) is 0 Å². The molecule has 3 aromatic rings. The molecule has 2 heterocycles. The van der Waals surface area contributed by atoms with Crippen LogP contribution in [0.3, 0.4) is 0 Å². The maximum absolute atomic E-state index is 2.44. The average Bonchev–Trinajstić information content (AvgIpc) is 3.00. The summed E-state index contributed by atoms with van der Waals surface area (Å²) in [5.41, 5.74) is 6.22. The first-order valence-corrected chi connectivity index (χ1v) is 9.54. The average molecular weight is 351 g/mol. The van der Waals surface area contributed by atoms with E-state index in [9.17, 15) is 0 Å². The summed E-state index contributed by atoms with van der Waals surface area (Å²) in [6.45, 7) is 4.82. The highest BCUT2D eigenvalue weighted by molar-refractivity contribution is 6.69. The Balaban J connectivity index is 1.66. The zero-order valence-electron chi connectivity index (χ0n) is 15.7.